The zero-order valence-corrected chi connectivity index (χ0v) is 12.3. The number of pyridine rings is 1. The van der Waals surface area contributed by atoms with Crippen molar-refractivity contribution >= 4 is 16.8 Å². The van der Waals surface area contributed by atoms with Gasteiger partial charge < -0.3 is 4.57 Å². The standard InChI is InChI=1S/C15H20ClNO2/c1-3-10(2)17-13-6-4-5-11(13)9-12(15(17)19)7-8-14(16)18/h9-10H,3-8H2,1-2H3. The third kappa shape index (κ3) is 2.92. The molecule has 0 radical (unpaired) electrons. The van der Waals surface area contributed by atoms with Crippen molar-refractivity contribution in [2.24, 2.45) is 0 Å². The van der Waals surface area contributed by atoms with E-state index in [1.807, 2.05) is 10.6 Å². The Morgan fingerprint density at radius 2 is 2.21 bits per heavy atom. The molecule has 0 amide bonds. The van der Waals surface area contributed by atoms with Crippen molar-refractivity contribution in [1.29, 1.82) is 0 Å². The molecule has 1 aliphatic carbocycles. The molecule has 0 saturated carbocycles. The summed E-state index contributed by atoms with van der Waals surface area (Å²) in [4.78, 5) is 23.4. The van der Waals surface area contributed by atoms with Crippen LogP contribution in [0.5, 0.6) is 0 Å². The summed E-state index contributed by atoms with van der Waals surface area (Å²) in [5, 5.41) is -0.380. The Hall–Kier alpha value is -1.09. The summed E-state index contributed by atoms with van der Waals surface area (Å²) in [6, 6.07) is 2.20. The first-order valence-corrected chi connectivity index (χ1v) is 7.36. The number of halogens is 1. The number of carbonyl (C=O) groups is 1. The van der Waals surface area contributed by atoms with Crippen molar-refractivity contribution in [3.05, 3.63) is 33.2 Å². The third-order valence-corrected chi connectivity index (χ3v) is 4.17. The molecule has 0 N–H and O–H groups in total. The van der Waals surface area contributed by atoms with Crippen molar-refractivity contribution < 1.29 is 4.79 Å². The minimum Gasteiger partial charge on any atom is -0.309 e. The summed E-state index contributed by atoms with van der Waals surface area (Å²) in [6.07, 6.45) is 4.76. The van der Waals surface area contributed by atoms with Crippen LogP contribution in [0.25, 0.3) is 0 Å². The Kier molecular flexibility index (Phi) is 4.46. The minimum absolute atomic E-state index is 0.0629. The number of fused-ring (bicyclic) bond motifs is 1. The fraction of sp³-hybridized carbons (Fsp3) is 0.600. The van der Waals surface area contributed by atoms with E-state index < -0.39 is 0 Å². The van der Waals surface area contributed by atoms with E-state index in [-0.39, 0.29) is 23.3 Å². The van der Waals surface area contributed by atoms with Gasteiger partial charge in [0.2, 0.25) is 5.24 Å². The van der Waals surface area contributed by atoms with Gasteiger partial charge in [0.05, 0.1) is 0 Å². The largest absolute Gasteiger partial charge is 0.309 e. The maximum absolute atomic E-state index is 12.6. The first-order chi connectivity index (χ1) is 9.04. The normalized spacial score (nSPS) is 15.3. The van der Waals surface area contributed by atoms with Crippen molar-refractivity contribution in [2.75, 3.05) is 0 Å². The Balaban J connectivity index is 2.46. The smallest absolute Gasteiger partial charge is 0.254 e. The quantitative estimate of drug-likeness (QED) is 0.778. The number of hydrogen-bond donors (Lipinski definition) is 0. The van der Waals surface area contributed by atoms with Gasteiger partial charge in [-0.3, -0.25) is 9.59 Å². The summed E-state index contributed by atoms with van der Waals surface area (Å²) in [6.45, 7) is 4.17. The van der Waals surface area contributed by atoms with Gasteiger partial charge in [0.15, 0.2) is 0 Å². The molecule has 0 fully saturated rings. The Labute approximate surface area is 118 Å². The predicted molar refractivity (Wildman–Crippen MR) is 76.9 cm³/mol. The first kappa shape index (κ1) is 14.3. The molecule has 0 saturated heterocycles. The van der Waals surface area contributed by atoms with Gasteiger partial charge in [-0.1, -0.05) is 6.92 Å². The molecular weight excluding hydrogens is 262 g/mol. The van der Waals surface area contributed by atoms with Crippen LogP contribution in [0.15, 0.2) is 10.9 Å². The molecule has 0 aliphatic heterocycles. The lowest BCUT2D eigenvalue weighted by Gasteiger charge is -2.19. The summed E-state index contributed by atoms with van der Waals surface area (Å²) in [5.41, 5.74) is 3.26. The van der Waals surface area contributed by atoms with Gasteiger partial charge >= 0.3 is 0 Å². The van der Waals surface area contributed by atoms with Gasteiger partial charge in [-0.15, -0.1) is 0 Å². The number of hydrogen-bond acceptors (Lipinski definition) is 2. The van der Waals surface area contributed by atoms with E-state index in [0.717, 1.165) is 31.2 Å². The highest BCUT2D eigenvalue weighted by Crippen LogP contribution is 2.25. The molecule has 1 unspecified atom stereocenters. The Morgan fingerprint density at radius 3 is 2.84 bits per heavy atom. The maximum Gasteiger partial charge on any atom is 0.254 e. The zero-order valence-electron chi connectivity index (χ0n) is 11.5. The fourth-order valence-electron chi connectivity index (χ4n) is 2.79. The van der Waals surface area contributed by atoms with Crippen LogP contribution in [0.3, 0.4) is 0 Å². The van der Waals surface area contributed by atoms with E-state index in [4.69, 9.17) is 11.6 Å². The van der Waals surface area contributed by atoms with Crippen LogP contribution in [-0.2, 0) is 24.1 Å². The highest BCUT2D eigenvalue weighted by molar-refractivity contribution is 6.63. The van der Waals surface area contributed by atoms with Gasteiger partial charge in [-0.25, -0.2) is 0 Å². The van der Waals surface area contributed by atoms with Crippen molar-refractivity contribution in [3.63, 3.8) is 0 Å². The molecule has 4 heteroatoms. The summed E-state index contributed by atoms with van der Waals surface area (Å²) in [7, 11) is 0. The van der Waals surface area contributed by atoms with Crippen LogP contribution in [0, 0.1) is 0 Å². The first-order valence-electron chi connectivity index (χ1n) is 6.99. The number of carbonyl (C=O) groups excluding carboxylic acids is 1. The summed E-state index contributed by atoms with van der Waals surface area (Å²) in [5.74, 6) is 0. The van der Waals surface area contributed by atoms with Gasteiger partial charge in [0, 0.05) is 23.7 Å². The maximum atomic E-state index is 12.6. The molecule has 0 aromatic carbocycles. The van der Waals surface area contributed by atoms with Crippen LogP contribution in [0.4, 0.5) is 0 Å². The number of nitrogens with zero attached hydrogens (tertiary/aromatic N) is 1. The summed E-state index contributed by atoms with van der Waals surface area (Å²) < 4.78 is 1.94. The van der Waals surface area contributed by atoms with Crippen molar-refractivity contribution in [2.45, 2.75) is 58.4 Å². The van der Waals surface area contributed by atoms with E-state index in [0.29, 0.717) is 6.42 Å². The molecule has 1 aromatic heterocycles. The lowest BCUT2D eigenvalue weighted by atomic mass is 10.1. The topological polar surface area (TPSA) is 39.1 Å². The van der Waals surface area contributed by atoms with E-state index >= 15 is 0 Å². The highest BCUT2D eigenvalue weighted by atomic mass is 35.5. The lowest BCUT2D eigenvalue weighted by molar-refractivity contribution is -0.111. The predicted octanol–water partition coefficient (Wildman–Crippen LogP) is 3.01. The second-order valence-corrected chi connectivity index (χ2v) is 5.70. The monoisotopic (exact) mass is 281 g/mol. The molecule has 2 rings (SSSR count). The number of rotatable bonds is 5. The SMILES string of the molecule is CCC(C)n1c2c(cc(CCC(=O)Cl)c1=O)CCC2. The molecule has 1 atom stereocenters. The molecule has 0 bridgehead atoms. The number of aromatic nitrogens is 1. The minimum atomic E-state index is -0.380. The molecule has 3 nitrogen and oxygen atoms in total. The second kappa shape index (κ2) is 5.91. The van der Waals surface area contributed by atoms with Gasteiger partial charge in [0.25, 0.3) is 5.56 Å². The van der Waals surface area contributed by atoms with Gasteiger partial charge in [0.1, 0.15) is 0 Å². The molecule has 1 heterocycles. The van der Waals surface area contributed by atoms with Crippen LogP contribution < -0.4 is 5.56 Å². The molecule has 0 spiro atoms. The number of aryl methyl sites for hydroxylation is 2. The average Bonchev–Trinajstić information content (AvgIpc) is 2.83. The second-order valence-electron chi connectivity index (χ2n) is 5.28. The molecule has 1 aromatic rings. The van der Waals surface area contributed by atoms with Gasteiger partial charge in [-0.2, -0.15) is 0 Å². The van der Waals surface area contributed by atoms with E-state index in [1.54, 1.807) is 0 Å². The molecule has 104 valence electrons. The lowest BCUT2D eigenvalue weighted by Crippen LogP contribution is -2.29. The van der Waals surface area contributed by atoms with Crippen LogP contribution in [0.2, 0.25) is 0 Å². The van der Waals surface area contributed by atoms with Crippen molar-refractivity contribution in [3.8, 4) is 0 Å². The zero-order chi connectivity index (χ0) is 14.0. The van der Waals surface area contributed by atoms with Crippen molar-refractivity contribution in [1.82, 2.24) is 4.57 Å². The third-order valence-electron chi connectivity index (χ3n) is 3.99. The molecular formula is C15H20ClNO2. The fourth-order valence-corrected chi connectivity index (χ4v) is 2.89. The molecule has 19 heavy (non-hydrogen) atoms. The average molecular weight is 282 g/mol. The van der Waals surface area contributed by atoms with Crippen LogP contribution in [-0.4, -0.2) is 9.81 Å². The van der Waals surface area contributed by atoms with E-state index in [2.05, 4.69) is 13.8 Å². The van der Waals surface area contributed by atoms with E-state index in [1.165, 1.54) is 11.3 Å². The molecule has 1 aliphatic rings. The Bertz CT molecular complexity index is 548. The van der Waals surface area contributed by atoms with E-state index in [9.17, 15) is 9.59 Å². The highest BCUT2D eigenvalue weighted by Gasteiger charge is 2.21. The Morgan fingerprint density at radius 1 is 1.47 bits per heavy atom. The van der Waals surface area contributed by atoms with Crippen LogP contribution in [0.1, 0.15) is 56.0 Å². The summed E-state index contributed by atoms with van der Waals surface area (Å²) >= 11 is 5.38. The van der Waals surface area contributed by atoms with Gasteiger partial charge in [-0.05, 0) is 62.3 Å². The van der Waals surface area contributed by atoms with Crippen LogP contribution >= 0.6 is 11.6 Å².